The molecule has 2 aromatic rings. The lowest BCUT2D eigenvalue weighted by molar-refractivity contribution is 0.0657. The average Bonchev–Trinajstić information content (AvgIpc) is 3.22. The Morgan fingerprint density at radius 3 is 2.84 bits per heavy atom. The number of aryl methyl sites for hydroxylation is 1. The van der Waals surface area contributed by atoms with E-state index in [0.717, 1.165) is 34.8 Å². The zero-order chi connectivity index (χ0) is 17.6. The quantitative estimate of drug-likeness (QED) is 0.912. The van der Waals surface area contributed by atoms with Gasteiger partial charge in [0.05, 0.1) is 13.1 Å². The van der Waals surface area contributed by atoms with Gasteiger partial charge in [0.2, 0.25) is 0 Å². The van der Waals surface area contributed by atoms with Gasteiger partial charge in [-0.05, 0) is 36.6 Å². The summed E-state index contributed by atoms with van der Waals surface area (Å²) in [5.41, 5.74) is 6.65. The molecule has 0 saturated heterocycles. The zero-order valence-electron chi connectivity index (χ0n) is 14.8. The standard InChI is InChI=1S/C19H22N4O2/c1-11-12(2)22-18(20-3)16-10-23(9-15(11)16)19(24)25-14-7-13-5-4-6-21-17(13)8-14/h4-6,14H,7-10H2,1-3H3,(H,20,22). The topological polar surface area (TPSA) is 67.4 Å². The molecule has 2 aromatic heterocycles. The molecule has 1 unspecified atom stereocenters. The summed E-state index contributed by atoms with van der Waals surface area (Å²) in [4.78, 5) is 23.4. The van der Waals surface area contributed by atoms with Crippen molar-refractivity contribution in [2.75, 3.05) is 12.4 Å². The summed E-state index contributed by atoms with van der Waals surface area (Å²) in [5, 5.41) is 3.14. The highest BCUT2D eigenvalue weighted by molar-refractivity contribution is 5.71. The van der Waals surface area contributed by atoms with E-state index in [0.29, 0.717) is 19.5 Å². The fourth-order valence-corrected chi connectivity index (χ4v) is 3.74. The van der Waals surface area contributed by atoms with E-state index in [2.05, 4.69) is 28.3 Å². The number of amides is 1. The van der Waals surface area contributed by atoms with Gasteiger partial charge in [0.15, 0.2) is 0 Å². The maximum atomic E-state index is 12.7. The molecule has 0 radical (unpaired) electrons. The van der Waals surface area contributed by atoms with Crippen LogP contribution in [0.15, 0.2) is 18.3 Å². The Balaban J connectivity index is 1.47. The lowest BCUT2D eigenvalue weighted by atomic mass is 10.0. The lowest BCUT2D eigenvalue weighted by Gasteiger charge is -2.19. The van der Waals surface area contributed by atoms with Crippen LogP contribution in [0.5, 0.6) is 0 Å². The van der Waals surface area contributed by atoms with E-state index in [-0.39, 0.29) is 12.2 Å². The van der Waals surface area contributed by atoms with E-state index in [4.69, 9.17) is 4.74 Å². The minimum Gasteiger partial charge on any atom is -0.445 e. The summed E-state index contributed by atoms with van der Waals surface area (Å²) in [6, 6.07) is 3.98. The summed E-state index contributed by atoms with van der Waals surface area (Å²) in [6.07, 6.45) is 2.86. The molecule has 0 spiro atoms. The minimum atomic E-state index is -0.256. The Morgan fingerprint density at radius 2 is 2.08 bits per heavy atom. The molecular formula is C19H22N4O2. The van der Waals surface area contributed by atoms with E-state index < -0.39 is 0 Å². The van der Waals surface area contributed by atoms with E-state index in [1.807, 2.05) is 20.0 Å². The van der Waals surface area contributed by atoms with Crippen molar-refractivity contribution in [3.8, 4) is 0 Å². The molecule has 1 aliphatic heterocycles. The van der Waals surface area contributed by atoms with Crippen molar-refractivity contribution in [3.05, 3.63) is 52.0 Å². The highest BCUT2D eigenvalue weighted by Gasteiger charge is 2.32. The van der Waals surface area contributed by atoms with E-state index >= 15 is 0 Å². The number of rotatable bonds is 2. The first-order valence-corrected chi connectivity index (χ1v) is 8.62. The van der Waals surface area contributed by atoms with Crippen LogP contribution >= 0.6 is 0 Å². The van der Waals surface area contributed by atoms with Crippen LogP contribution in [0.25, 0.3) is 0 Å². The molecule has 130 valence electrons. The van der Waals surface area contributed by atoms with Crippen molar-refractivity contribution in [1.82, 2.24) is 14.9 Å². The van der Waals surface area contributed by atoms with Crippen molar-refractivity contribution in [1.29, 1.82) is 0 Å². The molecule has 6 heteroatoms. The van der Waals surface area contributed by atoms with Crippen LogP contribution in [0.1, 0.15) is 33.6 Å². The first kappa shape index (κ1) is 15.9. The first-order chi connectivity index (χ1) is 12.1. The summed E-state index contributed by atoms with van der Waals surface area (Å²) in [5.74, 6) is 0.853. The number of ether oxygens (including phenoxy) is 1. The van der Waals surface area contributed by atoms with Gasteiger partial charge in [0.1, 0.15) is 11.9 Å². The molecule has 1 N–H and O–H groups in total. The number of carbonyl (C=O) groups excluding carboxylic acids is 1. The van der Waals surface area contributed by atoms with Gasteiger partial charge in [-0.15, -0.1) is 0 Å². The summed E-state index contributed by atoms with van der Waals surface area (Å²) in [7, 11) is 1.86. The number of nitrogens with zero attached hydrogens (tertiary/aromatic N) is 3. The second kappa shape index (κ2) is 6.02. The predicted octanol–water partition coefficient (Wildman–Crippen LogP) is 2.75. The molecule has 25 heavy (non-hydrogen) atoms. The van der Waals surface area contributed by atoms with E-state index in [9.17, 15) is 4.79 Å². The predicted molar refractivity (Wildman–Crippen MR) is 94.4 cm³/mol. The van der Waals surface area contributed by atoms with Crippen molar-refractivity contribution in [2.24, 2.45) is 0 Å². The number of fused-ring (bicyclic) bond motifs is 2. The van der Waals surface area contributed by atoms with E-state index in [1.165, 1.54) is 11.1 Å². The summed E-state index contributed by atoms with van der Waals surface area (Å²) in [6.45, 7) is 5.18. The van der Waals surface area contributed by atoms with Gasteiger partial charge in [-0.2, -0.15) is 0 Å². The summed E-state index contributed by atoms with van der Waals surface area (Å²) >= 11 is 0. The molecule has 0 saturated carbocycles. The fraction of sp³-hybridized carbons (Fsp3) is 0.421. The molecule has 3 heterocycles. The largest absolute Gasteiger partial charge is 0.445 e. The molecule has 0 fully saturated rings. The number of pyridine rings is 2. The third-order valence-corrected chi connectivity index (χ3v) is 5.24. The second-order valence-corrected chi connectivity index (χ2v) is 6.76. The SMILES string of the molecule is CNc1nc(C)c(C)c2c1CN(C(=O)OC1Cc3cccnc3C1)C2. The number of hydrogen-bond acceptors (Lipinski definition) is 5. The second-order valence-electron chi connectivity index (χ2n) is 6.76. The van der Waals surface area contributed by atoms with Crippen molar-refractivity contribution < 1.29 is 9.53 Å². The molecule has 4 rings (SSSR count). The van der Waals surface area contributed by atoms with Gasteiger partial charge in [-0.3, -0.25) is 9.88 Å². The smallest absolute Gasteiger partial charge is 0.410 e. The molecule has 1 amide bonds. The number of carbonyl (C=O) groups is 1. The third kappa shape index (κ3) is 2.71. The van der Waals surface area contributed by atoms with Gasteiger partial charge in [-0.25, -0.2) is 9.78 Å². The number of nitrogens with one attached hydrogen (secondary N) is 1. The molecule has 2 aliphatic rings. The zero-order valence-corrected chi connectivity index (χ0v) is 14.8. The minimum absolute atomic E-state index is 0.120. The fourth-order valence-electron chi connectivity index (χ4n) is 3.74. The van der Waals surface area contributed by atoms with Gasteiger partial charge < -0.3 is 10.1 Å². The first-order valence-electron chi connectivity index (χ1n) is 8.62. The van der Waals surface area contributed by atoms with Crippen LogP contribution in [0.2, 0.25) is 0 Å². The Kier molecular flexibility index (Phi) is 3.82. The average molecular weight is 338 g/mol. The molecule has 6 nitrogen and oxygen atoms in total. The number of aromatic nitrogens is 2. The Labute approximate surface area is 147 Å². The maximum absolute atomic E-state index is 12.7. The Hall–Kier alpha value is -2.63. The Morgan fingerprint density at radius 1 is 1.28 bits per heavy atom. The highest BCUT2D eigenvalue weighted by Crippen LogP contribution is 2.32. The van der Waals surface area contributed by atoms with Crippen LogP contribution in [-0.2, 0) is 30.7 Å². The van der Waals surface area contributed by atoms with Gasteiger partial charge in [-0.1, -0.05) is 6.07 Å². The van der Waals surface area contributed by atoms with Crippen LogP contribution in [0.4, 0.5) is 10.6 Å². The monoisotopic (exact) mass is 338 g/mol. The van der Waals surface area contributed by atoms with Crippen molar-refractivity contribution >= 4 is 11.9 Å². The van der Waals surface area contributed by atoms with Crippen LogP contribution in [0, 0.1) is 13.8 Å². The van der Waals surface area contributed by atoms with Crippen molar-refractivity contribution in [2.45, 2.75) is 45.9 Å². The van der Waals surface area contributed by atoms with Crippen LogP contribution in [0.3, 0.4) is 0 Å². The molecular weight excluding hydrogens is 316 g/mol. The van der Waals surface area contributed by atoms with Gasteiger partial charge >= 0.3 is 6.09 Å². The normalized spacial score (nSPS) is 18.0. The number of hydrogen-bond donors (Lipinski definition) is 1. The Bertz CT molecular complexity index is 825. The van der Waals surface area contributed by atoms with Crippen LogP contribution < -0.4 is 5.32 Å². The highest BCUT2D eigenvalue weighted by atomic mass is 16.6. The van der Waals surface area contributed by atoms with Gasteiger partial charge in [0.25, 0.3) is 0 Å². The van der Waals surface area contributed by atoms with Gasteiger partial charge in [0, 0.05) is 43.0 Å². The third-order valence-electron chi connectivity index (χ3n) is 5.24. The molecule has 0 bridgehead atoms. The molecule has 1 atom stereocenters. The van der Waals surface area contributed by atoms with Crippen LogP contribution in [-0.4, -0.2) is 34.1 Å². The summed E-state index contributed by atoms with van der Waals surface area (Å²) < 4.78 is 5.76. The number of anilines is 1. The molecule has 1 aliphatic carbocycles. The lowest BCUT2D eigenvalue weighted by Crippen LogP contribution is -2.30. The van der Waals surface area contributed by atoms with E-state index in [1.54, 1.807) is 11.1 Å². The maximum Gasteiger partial charge on any atom is 0.410 e. The molecule has 0 aromatic carbocycles. The van der Waals surface area contributed by atoms with Crippen molar-refractivity contribution in [3.63, 3.8) is 0 Å².